The highest BCUT2D eigenvalue weighted by molar-refractivity contribution is 6.30. The van der Waals surface area contributed by atoms with Gasteiger partial charge in [0.25, 0.3) is 5.91 Å². The number of rotatable bonds is 9. The number of aromatic hydroxyl groups is 1. The number of hydrogen-bond acceptors (Lipinski definition) is 9. The predicted octanol–water partition coefficient (Wildman–Crippen LogP) is 4.86. The number of amides is 1. The third kappa shape index (κ3) is 5.67. The van der Waals surface area contributed by atoms with Gasteiger partial charge in [0.15, 0.2) is 11.4 Å². The van der Waals surface area contributed by atoms with Crippen LogP contribution >= 0.6 is 11.6 Å². The van der Waals surface area contributed by atoms with Crippen LogP contribution in [0.5, 0.6) is 11.5 Å². The topological polar surface area (TPSA) is 171 Å². The Morgan fingerprint density at radius 3 is 2.27 bits per heavy atom. The summed E-state index contributed by atoms with van der Waals surface area (Å²) in [7, 11) is 4.70. The van der Waals surface area contributed by atoms with Gasteiger partial charge in [0.05, 0.1) is 18.7 Å². The number of aryl methyl sites for hydroxylation is 2. The number of hydrogen-bond donors (Lipinski definition) is 5. The molecule has 1 amide bonds. The van der Waals surface area contributed by atoms with E-state index in [0.717, 1.165) is 36.8 Å². The normalized spacial score (nSPS) is 23.3. The van der Waals surface area contributed by atoms with Crippen LogP contribution in [-0.4, -0.2) is 75.6 Å². The number of phenolic OH excluding ortho intramolecular Hbond substituents is 1. The van der Waals surface area contributed by atoms with Crippen LogP contribution in [0.4, 0.5) is 0 Å². The number of nitrogens with two attached hydrogens (primary N) is 1. The lowest BCUT2D eigenvalue weighted by atomic mass is 9.57. The fourth-order valence-electron chi connectivity index (χ4n) is 7.93. The molecule has 3 aliphatic carbocycles. The van der Waals surface area contributed by atoms with Crippen LogP contribution in [-0.2, 0) is 33.6 Å². The quantitative estimate of drug-likeness (QED) is 0.156. The van der Waals surface area contributed by atoms with Crippen molar-refractivity contribution in [3.63, 3.8) is 0 Å². The molecule has 6 N–H and O–H groups in total. The SMILES string of the molecule is COc1ccc(CCCCc2ccc(Cl)cc2)cc1-c1ccc(O)c2c1C[C@@H]1C[C@@H]3[C@@H](N(C)C)C(=O)C(C(N)=O)=C(O)[C@]3(O)C(=O)C1=C2O. The molecule has 10 nitrogen and oxygen atoms in total. The molecule has 3 aromatic carbocycles. The number of Topliss-reactive ketones (excluding diaryl/α,β-unsaturated/α-hetero) is 2. The van der Waals surface area contributed by atoms with E-state index in [4.69, 9.17) is 22.1 Å². The second-order valence-electron chi connectivity index (χ2n) is 13.3. The Labute approximate surface area is 289 Å². The van der Waals surface area contributed by atoms with Crippen molar-refractivity contribution >= 4 is 34.8 Å². The van der Waals surface area contributed by atoms with Crippen molar-refractivity contribution < 1.29 is 39.5 Å². The number of unbranched alkanes of at least 4 members (excludes halogenated alkanes) is 1. The largest absolute Gasteiger partial charge is 0.508 e. The predicted molar refractivity (Wildman–Crippen MR) is 184 cm³/mol. The maximum atomic E-state index is 14.2. The van der Waals surface area contributed by atoms with E-state index in [2.05, 4.69) is 0 Å². The highest BCUT2D eigenvalue weighted by atomic mass is 35.5. The molecule has 0 heterocycles. The van der Waals surface area contributed by atoms with Gasteiger partial charge in [-0.1, -0.05) is 35.9 Å². The molecule has 3 aliphatic rings. The van der Waals surface area contributed by atoms with Gasteiger partial charge in [-0.25, -0.2) is 0 Å². The zero-order valence-corrected chi connectivity index (χ0v) is 28.3. The number of carbonyl (C=O) groups excluding carboxylic acids is 3. The lowest BCUT2D eigenvalue weighted by molar-refractivity contribution is -0.153. The Kier molecular flexibility index (Phi) is 9.08. The minimum Gasteiger partial charge on any atom is -0.508 e. The minimum absolute atomic E-state index is 0.00561. The highest BCUT2D eigenvalue weighted by Crippen LogP contribution is 2.54. The second kappa shape index (κ2) is 13.0. The summed E-state index contributed by atoms with van der Waals surface area (Å²) in [5.41, 5.74) is 6.02. The molecule has 1 saturated carbocycles. The number of methoxy groups -OCH3 is 1. The molecule has 49 heavy (non-hydrogen) atoms. The smallest absolute Gasteiger partial charge is 0.255 e. The van der Waals surface area contributed by atoms with Gasteiger partial charge >= 0.3 is 0 Å². The molecule has 256 valence electrons. The molecule has 0 saturated heterocycles. The van der Waals surface area contributed by atoms with Gasteiger partial charge in [-0.3, -0.25) is 19.3 Å². The van der Waals surface area contributed by atoms with E-state index in [0.29, 0.717) is 21.9 Å². The summed E-state index contributed by atoms with van der Waals surface area (Å²) in [6.45, 7) is 0. The Morgan fingerprint density at radius 1 is 0.980 bits per heavy atom. The number of benzene rings is 3. The van der Waals surface area contributed by atoms with Crippen molar-refractivity contribution in [2.45, 2.75) is 50.2 Å². The van der Waals surface area contributed by atoms with Crippen LogP contribution < -0.4 is 10.5 Å². The number of ether oxygens (including phenoxy) is 1. The maximum Gasteiger partial charge on any atom is 0.255 e. The summed E-state index contributed by atoms with van der Waals surface area (Å²) in [5, 5.41) is 46.4. The molecule has 0 unspecified atom stereocenters. The van der Waals surface area contributed by atoms with Gasteiger partial charge in [-0.05, 0) is 111 Å². The molecule has 1 fully saturated rings. The Bertz CT molecular complexity index is 1930. The van der Waals surface area contributed by atoms with Gasteiger partial charge in [0.1, 0.15) is 28.6 Å². The lowest BCUT2D eigenvalue weighted by Gasteiger charge is -2.50. The zero-order chi connectivity index (χ0) is 35.4. The fraction of sp³-hybridized carbons (Fsp3) is 0.342. The molecular formula is C38H39ClN2O8. The Hall–Kier alpha value is -4.64. The summed E-state index contributed by atoms with van der Waals surface area (Å²) < 4.78 is 5.75. The Balaban J connectivity index is 1.39. The van der Waals surface area contributed by atoms with Crippen molar-refractivity contribution in [1.29, 1.82) is 0 Å². The summed E-state index contributed by atoms with van der Waals surface area (Å²) in [4.78, 5) is 41.3. The van der Waals surface area contributed by atoms with Crippen LogP contribution in [0.25, 0.3) is 16.9 Å². The van der Waals surface area contributed by atoms with Gasteiger partial charge in [0, 0.05) is 22.1 Å². The third-order valence-electron chi connectivity index (χ3n) is 10.3. The van der Waals surface area contributed by atoms with Gasteiger partial charge < -0.3 is 30.9 Å². The number of ketones is 2. The van der Waals surface area contributed by atoms with E-state index >= 15 is 0 Å². The first-order chi connectivity index (χ1) is 23.3. The van der Waals surface area contributed by atoms with E-state index in [1.54, 1.807) is 27.3 Å². The van der Waals surface area contributed by atoms with Crippen molar-refractivity contribution in [1.82, 2.24) is 4.90 Å². The molecule has 0 radical (unpaired) electrons. The Morgan fingerprint density at radius 2 is 1.63 bits per heavy atom. The molecule has 6 rings (SSSR count). The average molecular weight is 687 g/mol. The van der Waals surface area contributed by atoms with Crippen molar-refractivity contribution in [2.75, 3.05) is 21.2 Å². The van der Waals surface area contributed by atoms with Crippen LogP contribution in [0.1, 0.15) is 41.5 Å². The van der Waals surface area contributed by atoms with Crippen LogP contribution in [0, 0.1) is 11.8 Å². The van der Waals surface area contributed by atoms with E-state index in [1.807, 2.05) is 42.5 Å². The first-order valence-corrected chi connectivity index (χ1v) is 16.6. The number of nitrogens with zero attached hydrogens (tertiary/aromatic N) is 1. The van der Waals surface area contributed by atoms with E-state index in [9.17, 15) is 34.8 Å². The summed E-state index contributed by atoms with van der Waals surface area (Å²) >= 11 is 6.01. The maximum absolute atomic E-state index is 14.2. The number of halogens is 1. The first kappa shape index (κ1) is 34.2. The van der Waals surface area contributed by atoms with Crippen molar-refractivity contribution in [3.05, 3.63) is 98.8 Å². The van der Waals surface area contributed by atoms with Crippen molar-refractivity contribution in [2.24, 2.45) is 17.6 Å². The molecule has 0 bridgehead atoms. The zero-order valence-electron chi connectivity index (χ0n) is 27.5. The fourth-order valence-corrected chi connectivity index (χ4v) is 8.05. The number of fused-ring (bicyclic) bond motifs is 3. The van der Waals surface area contributed by atoms with Gasteiger partial charge in [-0.15, -0.1) is 0 Å². The summed E-state index contributed by atoms with van der Waals surface area (Å²) in [5.74, 6) is -6.30. The third-order valence-corrected chi connectivity index (χ3v) is 10.5. The molecular weight excluding hydrogens is 648 g/mol. The van der Waals surface area contributed by atoms with Gasteiger partial charge in [0.2, 0.25) is 5.78 Å². The first-order valence-electron chi connectivity index (χ1n) is 16.2. The van der Waals surface area contributed by atoms with Crippen LogP contribution in [0.2, 0.25) is 5.02 Å². The molecule has 0 aromatic heterocycles. The van der Waals surface area contributed by atoms with Crippen LogP contribution in [0.3, 0.4) is 0 Å². The van der Waals surface area contributed by atoms with Crippen molar-refractivity contribution in [3.8, 4) is 22.6 Å². The second-order valence-corrected chi connectivity index (χ2v) is 13.8. The molecule has 4 atom stereocenters. The molecule has 11 heteroatoms. The standard InChI is InChI=1S/C38H39ClN2O8/c1-41(2)32-26-18-21-17-25-23(24-16-20(10-15-28(24)49-3)7-5-4-6-19-8-11-22(39)12-9-19)13-14-27(42)30(25)33(43)29(21)35(45)38(26,48)36(46)31(34(32)44)37(40)47/h8-16,21,26,32,42-43,46,48H,4-7,17-18H2,1-3H3,(H2,40,47)/t21-,26-,32-,38-/m1/s1. The number of phenols is 1. The number of aliphatic hydroxyl groups is 3. The highest BCUT2D eigenvalue weighted by Gasteiger charge is 2.64. The van der Waals surface area contributed by atoms with Gasteiger partial charge in [-0.2, -0.15) is 0 Å². The van der Waals surface area contributed by atoms with E-state index < -0.39 is 58.0 Å². The molecule has 0 spiro atoms. The number of aliphatic hydroxyl groups excluding tert-OH is 2. The lowest BCUT2D eigenvalue weighted by Crippen LogP contribution is -2.65. The molecule has 0 aliphatic heterocycles. The minimum atomic E-state index is -2.69. The number of likely N-dealkylation sites (N-methyl/N-ethyl adjacent to an activating group) is 1. The monoisotopic (exact) mass is 686 g/mol. The average Bonchev–Trinajstić information content (AvgIpc) is 3.05. The van der Waals surface area contributed by atoms with Crippen LogP contribution in [0.15, 0.2) is 71.5 Å². The van der Waals surface area contributed by atoms with E-state index in [1.165, 1.54) is 16.5 Å². The molecule has 3 aromatic rings. The summed E-state index contributed by atoms with van der Waals surface area (Å²) in [6.07, 6.45) is 3.83. The number of primary amides is 1. The number of carbonyl (C=O) groups is 3. The van der Waals surface area contributed by atoms with E-state index in [-0.39, 0.29) is 29.7 Å². The summed E-state index contributed by atoms with van der Waals surface area (Å²) in [6, 6.07) is 15.8.